The Kier molecular flexibility index (Phi) is 4.80. The van der Waals surface area contributed by atoms with E-state index >= 15 is 0 Å². The summed E-state index contributed by atoms with van der Waals surface area (Å²) in [6, 6.07) is 6.52. The Morgan fingerprint density at radius 3 is 2.76 bits per heavy atom. The lowest BCUT2D eigenvalue weighted by molar-refractivity contribution is 0.0739. The molecule has 25 heavy (non-hydrogen) atoms. The van der Waals surface area contributed by atoms with E-state index in [9.17, 15) is 9.18 Å². The fourth-order valence-corrected chi connectivity index (χ4v) is 3.00. The lowest BCUT2D eigenvalue weighted by Gasteiger charge is -2.19. The van der Waals surface area contributed by atoms with Crippen LogP contribution in [0.5, 0.6) is 0 Å². The van der Waals surface area contributed by atoms with Gasteiger partial charge >= 0.3 is 0 Å². The number of carbonyl (C=O) groups excluding carboxylic acids is 1. The summed E-state index contributed by atoms with van der Waals surface area (Å²) >= 11 is 3.32. The maximum absolute atomic E-state index is 14.0. The Morgan fingerprint density at radius 1 is 1.28 bits per heavy atom. The average molecular weight is 406 g/mol. The molecule has 0 saturated carbocycles. The minimum absolute atomic E-state index is 0.0541. The molecular formula is C17H17BrFN5O. The number of hydrogen-bond donors (Lipinski definition) is 0. The molecule has 2 aromatic heterocycles. The third-order valence-corrected chi connectivity index (χ3v) is 4.34. The number of rotatable bonds is 4. The van der Waals surface area contributed by atoms with Crippen molar-refractivity contribution in [3.05, 3.63) is 57.3 Å². The second-order valence-corrected chi connectivity index (χ2v) is 6.66. The summed E-state index contributed by atoms with van der Waals surface area (Å²) in [5.74, 6) is -0.279. The molecular weight excluding hydrogens is 389 g/mol. The topological polar surface area (TPSA) is 63.4 Å². The molecule has 8 heteroatoms. The van der Waals surface area contributed by atoms with E-state index in [4.69, 9.17) is 0 Å². The molecule has 0 aliphatic heterocycles. The molecule has 0 aliphatic carbocycles. The van der Waals surface area contributed by atoms with Crippen LogP contribution in [0.2, 0.25) is 0 Å². The Hall–Kier alpha value is -2.35. The highest BCUT2D eigenvalue weighted by Gasteiger charge is 2.21. The van der Waals surface area contributed by atoms with E-state index in [1.165, 1.54) is 15.5 Å². The zero-order valence-electron chi connectivity index (χ0n) is 14.1. The first kappa shape index (κ1) is 17.5. The summed E-state index contributed by atoms with van der Waals surface area (Å²) in [7, 11) is 0. The minimum Gasteiger partial charge on any atom is -0.332 e. The van der Waals surface area contributed by atoms with E-state index in [1.807, 2.05) is 26.8 Å². The number of hydrogen-bond acceptors (Lipinski definition) is 4. The minimum atomic E-state index is -0.357. The third-order valence-electron chi connectivity index (χ3n) is 3.85. The van der Waals surface area contributed by atoms with Gasteiger partial charge in [-0.25, -0.2) is 13.9 Å². The first-order valence-corrected chi connectivity index (χ1v) is 8.62. The first-order valence-electron chi connectivity index (χ1n) is 7.83. The summed E-state index contributed by atoms with van der Waals surface area (Å²) in [6.07, 6.45) is 0. The molecule has 0 N–H and O–H groups in total. The molecule has 2 heterocycles. The van der Waals surface area contributed by atoms with Gasteiger partial charge in [0, 0.05) is 34.5 Å². The Labute approximate surface area is 152 Å². The fraction of sp³-hybridized carbons (Fsp3) is 0.294. The predicted octanol–water partition coefficient (Wildman–Crippen LogP) is 3.31. The van der Waals surface area contributed by atoms with E-state index in [2.05, 4.69) is 31.0 Å². The lowest BCUT2D eigenvalue weighted by Crippen LogP contribution is -2.31. The summed E-state index contributed by atoms with van der Waals surface area (Å²) in [4.78, 5) is 22.8. The van der Waals surface area contributed by atoms with Gasteiger partial charge in [0.2, 0.25) is 5.82 Å². The normalized spacial score (nSPS) is 11.1. The van der Waals surface area contributed by atoms with Crippen molar-refractivity contribution in [2.75, 3.05) is 6.54 Å². The summed E-state index contributed by atoms with van der Waals surface area (Å²) < 4.78 is 16.3. The Balaban J connectivity index is 1.92. The van der Waals surface area contributed by atoms with Crippen molar-refractivity contribution in [2.24, 2.45) is 0 Å². The third kappa shape index (κ3) is 3.53. The standard InChI is InChI=1S/C17H17BrFN5O/c1-4-23(9-12-8-13(18)5-6-14(12)19)16(25)15-21-17-20-10(2)7-11(3)24(17)22-15/h5-8H,4,9H2,1-3H3. The van der Waals surface area contributed by atoms with Gasteiger partial charge in [-0.3, -0.25) is 4.79 Å². The van der Waals surface area contributed by atoms with Crippen LogP contribution in [0.1, 0.15) is 34.5 Å². The van der Waals surface area contributed by atoms with Crippen LogP contribution in [0.15, 0.2) is 28.7 Å². The summed E-state index contributed by atoms with van der Waals surface area (Å²) in [5.41, 5.74) is 2.08. The molecule has 0 spiro atoms. The van der Waals surface area contributed by atoms with Gasteiger partial charge in [0.15, 0.2) is 0 Å². The number of nitrogens with zero attached hydrogens (tertiary/aromatic N) is 5. The number of carbonyl (C=O) groups is 1. The quantitative estimate of drug-likeness (QED) is 0.667. The summed E-state index contributed by atoms with van der Waals surface area (Å²) in [5, 5.41) is 4.25. The molecule has 6 nitrogen and oxygen atoms in total. The second-order valence-electron chi connectivity index (χ2n) is 5.74. The van der Waals surface area contributed by atoms with Crippen molar-refractivity contribution < 1.29 is 9.18 Å². The van der Waals surface area contributed by atoms with Gasteiger partial charge in [0.05, 0.1) is 0 Å². The van der Waals surface area contributed by atoms with E-state index in [-0.39, 0.29) is 24.1 Å². The van der Waals surface area contributed by atoms with Crippen LogP contribution in [0.3, 0.4) is 0 Å². The smallest absolute Gasteiger partial charge is 0.293 e. The van der Waals surface area contributed by atoms with Crippen LogP contribution in [0.25, 0.3) is 5.78 Å². The van der Waals surface area contributed by atoms with Crippen molar-refractivity contribution in [1.29, 1.82) is 0 Å². The highest BCUT2D eigenvalue weighted by Crippen LogP contribution is 2.18. The molecule has 0 aliphatic rings. The van der Waals surface area contributed by atoms with Crippen molar-refractivity contribution in [3.8, 4) is 0 Å². The SMILES string of the molecule is CCN(Cc1cc(Br)ccc1F)C(=O)c1nc2nc(C)cc(C)n2n1. The number of halogens is 2. The number of fused-ring (bicyclic) bond motifs is 1. The summed E-state index contributed by atoms with van der Waals surface area (Å²) in [6.45, 7) is 6.11. The molecule has 1 amide bonds. The van der Waals surface area contributed by atoms with Crippen LogP contribution in [0.4, 0.5) is 4.39 Å². The first-order chi connectivity index (χ1) is 11.9. The van der Waals surface area contributed by atoms with Crippen molar-refractivity contribution >= 4 is 27.6 Å². The molecule has 0 atom stereocenters. The molecule has 0 radical (unpaired) electrons. The Bertz CT molecular complexity index is 956. The van der Waals surface area contributed by atoms with Crippen LogP contribution in [-0.2, 0) is 6.54 Å². The second kappa shape index (κ2) is 6.87. The maximum atomic E-state index is 14.0. The van der Waals surface area contributed by atoms with Gasteiger partial charge in [-0.15, -0.1) is 5.10 Å². The molecule has 3 rings (SSSR count). The van der Waals surface area contributed by atoms with Crippen molar-refractivity contribution in [3.63, 3.8) is 0 Å². The lowest BCUT2D eigenvalue weighted by atomic mass is 10.2. The average Bonchev–Trinajstić information content (AvgIpc) is 2.99. The molecule has 0 saturated heterocycles. The number of amides is 1. The van der Waals surface area contributed by atoms with E-state index in [0.717, 1.165) is 15.9 Å². The van der Waals surface area contributed by atoms with Gasteiger partial charge in [-0.2, -0.15) is 4.98 Å². The molecule has 0 unspecified atom stereocenters. The van der Waals surface area contributed by atoms with Gasteiger partial charge in [-0.1, -0.05) is 15.9 Å². The van der Waals surface area contributed by atoms with Crippen LogP contribution in [-0.4, -0.2) is 36.9 Å². The van der Waals surface area contributed by atoms with Gasteiger partial charge < -0.3 is 4.90 Å². The molecule has 0 bridgehead atoms. The number of aromatic nitrogens is 4. The maximum Gasteiger partial charge on any atom is 0.293 e. The Morgan fingerprint density at radius 2 is 2.04 bits per heavy atom. The van der Waals surface area contributed by atoms with Gasteiger partial charge in [0.25, 0.3) is 11.7 Å². The highest BCUT2D eigenvalue weighted by atomic mass is 79.9. The molecule has 0 fully saturated rings. The molecule has 3 aromatic rings. The van der Waals surface area contributed by atoms with Gasteiger partial charge in [0.1, 0.15) is 5.82 Å². The largest absolute Gasteiger partial charge is 0.332 e. The van der Waals surface area contributed by atoms with Crippen LogP contribution >= 0.6 is 15.9 Å². The highest BCUT2D eigenvalue weighted by molar-refractivity contribution is 9.10. The van der Waals surface area contributed by atoms with E-state index in [0.29, 0.717) is 17.9 Å². The zero-order valence-corrected chi connectivity index (χ0v) is 15.7. The fourth-order valence-electron chi connectivity index (χ4n) is 2.60. The molecule has 1 aromatic carbocycles. The van der Waals surface area contributed by atoms with E-state index < -0.39 is 0 Å². The number of benzene rings is 1. The zero-order chi connectivity index (χ0) is 18.1. The monoisotopic (exact) mass is 405 g/mol. The number of aryl methyl sites for hydroxylation is 2. The van der Waals surface area contributed by atoms with Gasteiger partial charge in [-0.05, 0) is 45.0 Å². The predicted molar refractivity (Wildman–Crippen MR) is 94.8 cm³/mol. The van der Waals surface area contributed by atoms with Crippen LogP contribution in [0, 0.1) is 19.7 Å². The van der Waals surface area contributed by atoms with Crippen molar-refractivity contribution in [1.82, 2.24) is 24.5 Å². The van der Waals surface area contributed by atoms with E-state index in [1.54, 1.807) is 12.1 Å². The molecule has 130 valence electrons. The van der Waals surface area contributed by atoms with Crippen molar-refractivity contribution in [2.45, 2.75) is 27.3 Å². The van der Waals surface area contributed by atoms with Crippen LogP contribution < -0.4 is 0 Å².